The molecule has 0 amide bonds. The summed E-state index contributed by atoms with van der Waals surface area (Å²) in [4.78, 5) is 17.1. The molecule has 0 unspecified atom stereocenters. The lowest BCUT2D eigenvalue weighted by Crippen LogP contribution is -2.46. The Bertz CT molecular complexity index is 720. The van der Waals surface area contributed by atoms with Crippen LogP contribution in [-0.2, 0) is 0 Å². The zero-order valence-electron chi connectivity index (χ0n) is 15.0. The summed E-state index contributed by atoms with van der Waals surface area (Å²) in [6.07, 6.45) is 4.97. The van der Waals surface area contributed by atoms with Crippen molar-refractivity contribution < 1.29 is 4.79 Å². The van der Waals surface area contributed by atoms with Crippen molar-refractivity contribution in [2.24, 2.45) is 0 Å². The van der Waals surface area contributed by atoms with Gasteiger partial charge in [0.25, 0.3) is 0 Å². The monoisotopic (exact) mass is 368 g/mol. The van der Waals surface area contributed by atoms with Gasteiger partial charge in [0.1, 0.15) is 0 Å². The fourth-order valence-electron chi connectivity index (χ4n) is 3.14. The molecule has 0 saturated carbocycles. The number of piperazine rings is 1. The second-order valence-electron chi connectivity index (χ2n) is 6.64. The number of carbonyl (C=O) groups excluding carboxylic acids is 1. The first-order chi connectivity index (χ1) is 12.7. The van der Waals surface area contributed by atoms with Crippen LogP contribution in [0, 0.1) is 0 Å². The van der Waals surface area contributed by atoms with Crippen LogP contribution in [0.4, 0.5) is 0 Å². The lowest BCUT2D eigenvalue weighted by Gasteiger charge is -2.34. The maximum Gasteiger partial charge on any atom is 0.164 e. The number of benzene rings is 2. The lowest BCUT2D eigenvalue weighted by molar-refractivity contribution is 0.0935. The maximum atomic E-state index is 12.2. The number of Topliss-reactive ketones (excluding diaryl/α,β-unsaturated/α-hetero) is 1. The number of rotatable bonds is 7. The molecule has 136 valence electrons. The van der Waals surface area contributed by atoms with Crippen molar-refractivity contribution in [3.05, 3.63) is 76.8 Å². The van der Waals surface area contributed by atoms with Gasteiger partial charge in [-0.2, -0.15) is 0 Å². The molecule has 0 spiro atoms. The summed E-state index contributed by atoms with van der Waals surface area (Å²) in [6, 6.07) is 17.6. The zero-order valence-corrected chi connectivity index (χ0v) is 15.7. The van der Waals surface area contributed by atoms with Crippen LogP contribution < -0.4 is 0 Å². The van der Waals surface area contributed by atoms with Crippen molar-refractivity contribution in [1.29, 1.82) is 0 Å². The molecule has 1 heterocycles. The molecule has 0 radical (unpaired) electrons. The van der Waals surface area contributed by atoms with Crippen LogP contribution in [0.5, 0.6) is 0 Å². The molecule has 1 fully saturated rings. The zero-order chi connectivity index (χ0) is 18.2. The predicted molar refractivity (Wildman–Crippen MR) is 109 cm³/mol. The Morgan fingerprint density at radius 2 is 1.58 bits per heavy atom. The van der Waals surface area contributed by atoms with Crippen molar-refractivity contribution in [1.82, 2.24) is 9.80 Å². The SMILES string of the molecule is O=C(CCN1CCN(CC=Cc2ccccc2)CC1)c1ccc(Cl)cc1. The molecule has 1 aliphatic rings. The molecule has 1 aliphatic heterocycles. The normalized spacial score (nSPS) is 16.2. The van der Waals surface area contributed by atoms with Crippen LogP contribution in [0.1, 0.15) is 22.3 Å². The first kappa shape index (κ1) is 18.8. The average Bonchev–Trinajstić information content (AvgIpc) is 2.68. The Hall–Kier alpha value is -1.94. The highest BCUT2D eigenvalue weighted by atomic mass is 35.5. The minimum atomic E-state index is 0.190. The van der Waals surface area contributed by atoms with Crippen molar-refractivity contribution in [3.63, 3.8) is 0 Å². The molecular formula is C22H25ClN2O. The number of halogens is 1. The van der Waals surface area contributed by atoms with E-state index in [4.69, 9.17) is 11.6 Å². The minimum absolute atomic E-state index is 0.190. The molecule has 0 atom stereocenters. The first-order valence-corrected chi connectivity index (χ1v) is 9.53. The van der Waals surface area contributed by atoms with E-state index in [0.717, 1.165) is 44.8 Å². The molecule has 0 aliphatic carbocycles. The Morgan fingerprint density at radius 1 is 0.923 bits per heavy atom. The number of nitrogens with zero attached hydrogens (tertiary/aromatic N) is 2. The van der Waals surface area contributed by atoms with Crippen molar-refractivity contribution in [2.75, 3.05) is 39.3 Å². The van der Waals surface area contributed by atoms with E-state index in [0.29, 0.717) is 11.4 Å². The Labute approximate surface area is 160 Å². The standard InChI is InChI=1S/C22H25ClN2O/c23-21-10-8-20(9-11-21)22(26)12-14-25-17-15-24(16-18-25)13-4-7-19-5-2-1-3-6-19/h1-11H,12-18H2. The van der Waals surface area contributed by atoms with Gasteiger partial charge in [0, 0.05) is 56.3 Å². The van der Waals surface area contributed by atoms with E-state index >= 15 is 0 Å². The molecule has 0 aromatic heterocycles. The van der Waals surface area contributed by atoms with E-state index < -0.39 is 0 Å². The maximum absolute atomic E-state index is 12.2. The molecular weight excluding hydrogens is 344 g/mol. The third kappa shape index (κ3) is 5.80. The fraction of sp³-hybridized carbons (Fsp3) is 0.318. The van der Waals surface area contributed by atoms with Crippen LogP contribution in [0.25, 0.3) is 6.08 Å². The van der Waals surface area contributed by atoms with E-state index in [-0.39, 0.29) is 5.78 Å². The van der Waals surface area contributed by atoms with Crippen molar-refractivity contribution in [3.8, 4) is 0 Å². The minimum Gasteiger partial charge on any atom is -0.300 e. The van der Waals surface area contributed by atoms with Gasteiger partial charge in [0.2, 0.25) is 0 Å². The molecule has 0 N–H and O–H groups in total. The van der Waals surface area contributed by atoms with Gasteiger partial charge in [-0.05, 0) is 29.8 Å². The van der Waals surface area contributed by atoms with E-state index in [1.165, 1.54) is 5.56 Å². The number of hydrogen-bond donors (Lipinski definition) is 0. The van der Waals surface area contributed by atoms with E-state index in [1.54, 1.807) is 12.1 Å². The molecule has 3 nitrogen and oxygen atoms in total. The topological polar surface area (TPSA) is 23.6 Å². The van der Waals surface area contributed by atoms with E-state index in [1.807, 2.05) is 18.2 Å². The second kappa shape index (κ2) is 9.67. The third-order valence-electron chi connectivity index (χ3n) is 4.76. The summed E-state index contributed by atoms with van der Waals surface area (Å²) >= 11 is 5.87. The summed E-state index contributed by atoms with van der Waals surface area (Å²) in [5.41, 5.74) is 1.99. The van der Waals surface area contributed by atoms with Crippen LogP contribution in [0.2, 0.25) is 5.02 Å². The highest BCUT2D eigenvalue weighted by molar-refractivity contribution is 6.30. The van der Waals surface area contributed by atoms with Crippen molar-refractivity contribution in [2.45, 2.75) is 6.42 Å². The molecule has 1 saturated heterocycles. The molecule has 4 heteroatoms. The molecule has 26 heavy (non-hydrogen) atoms. The number of ketones is 1. The van der Waals surface area contributed by atoms with E-state index in [9.17, 15) is 4.79 Å². The third-order valence-corrected chi connectivity index (χ3v) is 5.01. The molecule has 2 aromatic carbocycles. The van der Waals surface area contributed by atoms with Gasteiger partial charge in [0.15, 0.2) is 5.78 Å². The average molecular weight is 369 g/mol. The summed E-state index contributed by atoms with van der Waals surface area (Å²) < 4.78 is 0. The highest BCUT2D eigenvalue weighted by Crippen LogP contribution is 2.12. The Kier molecular flexibility index (Phi) is 7.01. The smallest absolute Gasteiger partial charge is 0.164 e. The second-order valence-corrected chi connectivity index (χ2v) is 7.07. The van der Waals surface area contributed by atoms with Crippen molar-refractivity contribution >= 4 is 23.5 Å². The summed E-state index contributed by atoms with van der Waals surface area (Å²) in [5, 5.41) is 0.666. The summed E-state index contributed by atoms with van der Waals surface area (Å²) in [6.45, 7) is 5.95. The van der Waals surface area contributed by atoms with Crippen LogP contribution in [-0.4, -0.2) is 54.9 Å². The lowest BCUT2D eigenvalue weighted by atomic mass is 10.1. The van der Waals surface area contributed by atoms with Gasteiger partial charge in [-0.1, -0.05) is 54.1 Å². The van der Waals surface area contributed by atoms with Gasteiger partial charge in [0.05, 0.1) is 0 Å². The number of carbonyl (C=O) groups is 1. The Morgan fingerprint density at radius 3 is 2.27 bits per heavy atom. The highest BCUT2D eigenvalue weighted by Gasteiger charge is 2.17. The van der Waals surface area contributed by atoms with Gasteiger partial charge in [-0.3, -0.25) is 9.69 Å². The van der Waals surface area contributed by atoms with Gasteiger partial charge < -0.3 is 4.90 Å². The predicted octanol–water partition coefficient (Wildman–Crippen LogP) is 4.24. The summed E-state index contributed by atoms with van der Waals surface area (Å²) in [5.74, 6) is 0.190. The van der Waals surface area contributed by atoms with Gasteiger partial charge >= 0.3 is 0 Å². The van der Waals surface area contributed by atoms with E-state index in [2.05, 4.69) is 46.2 Å². The van der Waals surface area contributed by atoms with Crippen LogP contribution in [0.3, 0.4) is 0 Å². The summed E-state index contributed by atoms with van der Waals surface area (Å²) in [7, 11) is 0. The largest absolute Gasteiger partial charge is 0.300 e. The van der Waals surface area contributed by atoms with Crippen LogP contribution >= 0.6 is 11.6 Å². The molecule has 3 rings (SSSR count). The molecule has 2 aromatic rings. The molecule has 0 bridgehead atoms. The van der Waals surface area contributed by atoms with Gasteiger partial charge in [-0.15, -0.1) is 0 Å². The Balaban J connectivity index is 1.36. The first-order valence-electron chi connectivity index (χ1n) is 9.16. The van der Waals surface area contributed by atoms with Crippen LogP contribution in [0.15, 0.2) is 60.7 Å². The fourth-order valence-corrected chi connectivity index (χ4v) is 3.26. The quantitative estimate of drug-likeness (QED) is 0.683. The van der Waals surface area contributed by atoms with Gasteiger partial charge in [-0.25, -0.2) is 0 Å². The number of hydrogen-bond acceptors (Lipinski definition) is 3.